The van der Waals surface area contributed by atoms with E-state index in [0.29, 0.717) is 11.8 Å². The lowest BCUT2D eigenvalue weighted by molar-refractivity contribution is -0.255. The second-order valence-electron chi connectivity index (χ2n) is 7.23. The maximum absolute atomic E-state index is 12.4. The van der Waals surface area contributed by atoms with Crippen molar-refractivity contribution in [3.8, 4) is 0 Å². The SMILES string of the molecule is CC(C)(C)CCOC(=O)n1c(C(=O)[O-])cc2ccc(NS(C)(=O)=O)cc21. The fourth-order valence-corrected chi connectivity index (χ4v) is 2.89. The van der Waals surface area contributed by atoms with Gasteiger partial charge in [0.2, 0.25) is 10.0 Å². The maximum Gasteiger partial charge on any atom is 0.419 e. The monoisotopic (exact) mass is 381 g/mol. The van der Waals surface area contributed by atoms with Gasteiger partial charge in [0, 0.05) is 5.39 Å². The van der Waals surface area contributed by atoms with Crippen LogP contribution in [0.25, 0.3) is 10.9 Å². The zero-order valence-corrected chi connectivity index (χ0v) is 15.8. The van der Waals surface area contributed by atoms with Gasteiger partial charge in [0.05, 0.1) is 35.7 Å². The molecule has 142 valence electrons. The van der Waals surface area contributed by atoms with Crippen molar-refractivity contribution in [2.75, 3.05) is 17.6 Å². The number of nitrogens with one attached hydrogen (secondary N) is 1. The molecule has 0 aliphatic carbocycles. The largest absolute Gasteiger partial charge is 0.543 e. The van der Waals surface area contributed by atoms with E-state index in [4.69, 9.17) is 4.74 Å². The predicted octanol–water partition coefficient (Wildman–Crippen LogP) is 1.80. The van der Waals surface area contributed by atoms with Crippen LogP contribution < -0.4 is 9.83 Å². The van der Waals surface area contributed by atoms with Crippen LogP contribution in [0.5, 0.6) is 0 Å². The van der Waals surface area contributed by atoms with Crippen LogP contribution in [0.1, 0.15) is 37.7 Å². The Balaban J connectivity index is 2.43. The highest BCUT2D eigenvalue weighted by Crippen LogP contribution is 2.25. The number of fused-ring (bicyclic) bond motifs is 1. The second kappa shape index (κ2) is 6.99. The highest BCUT2D eigenvalue weighted by atomic mass is 32.2. The first-order valence-corrected chi connectivity index (χ1v) is 9.78. The molecule has 0 radical (unpaired) electrons. The van der Waals surface area contributed by atoms with Crippen molar-refractivity contribution >= 4 is 38.7 Å². The summed E-state index contributed by atoms with van der Waals surface area (Å²) in [7, 11) is -3.52. The topological polar surface area (TPSA) is 118 Å². The Morgan fingerprint density at radius 2 is 1.88 bits per heavy atom. The van der Waals surface area contributed by atoms with Gasteiger partial charge < -0.3 is 14.6 Å². The molecule has 1 N–H and O–H groups in total. The molecular formula is C17H21N2O6S-. The van der Waals surface area contributed by atoms with Crippen LogP contribution in [0, 0.1) is 5.41 Å². The number of ether oxygens (including phenoxy) is 1. The first kappa shape index (κ1) is 19.8. The van der Waals surface area contributed by atoms with Crippen LogP contribution in [-0.2, 0) is 14.8 Å². The van der Waals surface area contributed by atoms with E-state index < -0.39 is 22.1 Å². The van der Waals surface area contributed by atoms with Gasteiger partial charge in [0.25, 0.3) is 0 Å². The predicted molar refractivity (Wildman–Crippen MR) is 95.6 cm³/mol. The number of carbonyl (C=O) groups excluding carboxylic acids is 2. The molecule has 0 saturated carbocycles. The zero-order valence-electron chi connectivity index (χ0n) is 15.0. The molecule has 0 saturated heterocycles. The first-order chi connectivity index (χ1) is 11.9. The number of aromatic nitrogens is 1. The highest BCUT2D eigenvalue weighted by molar-refractivity contribution is 7.92. The van der Waals surface area contributed by atoms with Gasteiger partial charge in [0.1, 0.15) is 0 Å². The summed E-state index contributed by atoms with van der Waals surface area (Å²) in [5.74, 6) is -1.54. The molecule has 9 heteroatoms. The molecule has 1 aromatic carbocycles. The van der Waals surface area contributed by atoms with Gasteiger partial charge in [-0.2, -0.15) is 0 Å². The van der Waals surface area contributed by atoms with Crippen LogP contribution in [0.15, 0.2) is 24.3 Å². The van der Waals surface area contributed by atoms with E-state index in [1.807, 2.05) is 20.8 Å². The highest BCUT2D eigenvalue weighted by Gasteiger charge is 2.19. The lowest BCUT2D eigenvalue weighted by atomic mass is 9.93. The first-order valence-electron chi connectivity index (χ1n) is 7.89. The Morgan fingerprint density at radius 3 is 2.42 bits per heavy atom. The van der Waals surface area contributed by atoms with Crippen molar-refractivity contribution in [2.24, 2.45) is 5.41 Å². The summed E-state index contributed by atoms with van der Waals surface area (Å²) in [5, 5.41) is 11.8. The minimum atomic E-state index is -3.52. The minimum Gasteiger partial charge on any atom is -0.543 e. The van der Waals surface area contributed by atoms with Gasteiger partial charge >= 0.3 is 6.09 Å². The van der Waals surface area contributed by atoms with Crippen LogP contribution in [-0.4, -0.2) is 37.9 Å². The molecule has 0 aliphatic rings. The van der Waals surface area contributed by atoms with Crippen LogP contribution in [0.3, 0.4) is 0 Å². The standard InChI is InChI=1S/C17H22N2O6S/c1-17(2,3)7-8-25-16(22)19-13-10-12(18-26(4,23)24)6-5-11(13)9-14(19)15(20)21/h5-6,9-10,18H,7-8H2,1-4H3,(H,20,21)/p-1. The van der Waals surface area contributed by atoms with Crippen molar-refractivity contribution in [3.05, 3.63) is 30.0 Å². The third kappa shape index (κ3) is 4.98. The summed E-state index contributed by atoms with van der Waals surface area (Å²) in [6.45, 7) is 6.08. The normalized spacial score (nSPS) is 12.2. The average Bonchev–Trinajstić information content (AvgIpc) is 2.83. The summed E-state index contributed by atoms with van der Waals surface area (Å²) in [5.41, 5.74) is -0.00870. The Bertz CT molecular complexity index is 954. The molecule has 2 aromatic rings. The number of carboxylic acid groups (broad SMARTS) is 1. The summed E-state index contributed by atoms with van der Waals surface area (Å²) in [6.07, 6.45) is 0.725. The molecule has 1 aromatic heterocycles. The number of hydrogen-bond donors (Lipinski definition) is 1. The lowest BCUT2D eigenvalue weighted by Gasteiger charge is -2.18. The van der Waals surface area contributed by atoms with E-state index in [2.05, 4.69) is 4.72 Å². The Morgan fingerprint density at radius 1 is 1.23 bits per heavy atom. The number of aromatic carboxylic acids is 1. The summed E-state index contributed by atoms with van der Waals surface area (Å²) >= 11 is 0. The number of carboxylic acids is 1. The molecule has 0 aliphatic heterocycles. The molecule has 26 heavy (non-hydrogen) atoms. The molecule has 0 amide bonds. The van der Waals surface area contributed by atoms with Crippen molar-refractivity contribution in [2.45, 2.75) is 27.2 Å². The van der Waals surface area contributed by atoms with Crippen molar-refractivity contribution in [1.29, 1.82) is 0 Å². The fourth-order valence-electron chi connectivity index (χ4n) is 2.33. The van der Waals surface area contributed by atoms with Crippen LogP contribution in [0.4, 0.5) is 10.5 Å². The third-order valence-corrected chi connectivity index (χ3v) is 4.18. The number of nitrogens with zero attached hydrogens (tertiary/aromatic N) is 1. The molecular weight excluding hydrogens is 360 g/mol. The van der Waals surface area contributed by atoms with E-state index >= 15 is 0 Å². The Labute approximate surface area is 151 Å². The average molecular weight is 381 g/mol. The van der Waals surface area contributed by atoms with Gasteiger partial charge in [-0.1, -0.05) is 26.8 Å². The van der Waals surface area contributed by atoms with E-state index in [9.17, 15) is 23.1 Å². The maximum atomic E-state index is 12.4. The lowest BCUT2D eigenvalue weighted by Crippen LogP contribution is -2.28. The van der Waals surface area contributed by atoms with E-state index in [1.54, 1.807) is 0 Å². The van der Waals surface area contributed by atoms with Crippen molar-refractivity contribution < 1.29 is 27.9 Å². The summed E-state index contributed by atoms with van der Waals surface area (Å²) in [4.78, 5) is 23.8. The van der Waals surface area contributed by atoms with Gasteiger partial charge in [0.15, 0.2) is 0 Å². The Kier molecular flexibility index (Phi) is 5.31. The smallest absolute Gasteiger partial charge is 0.419 e. The summed E-state index contributed by atoms with van der Waals surface area (Å²) < 4.78 is 31.1. The number of anilines is 1. The number of sulfonamides is 1. The number of benzene rings is 1. The molecule has 0 fully saturated rings. The third-order valence-electron chi connectivity index (χ3n) is 3.58. The van der Waals surface area contributed by atoms with Crippen LogP contribution in [0.2, 0.25) is 0 Å². The van der Waals surface area contributed by atoms with E-state index in [-0.39, 0.29) is 28.9 Å². The zero-order chi connectivity index (χ0) is 19.7. The van der Waals surface area contributed by atoms with Crippen molar-refractivity contribution in [1.82, 2.24) is 4.57 Å². The van der Waals surface area contributed by atoms with Crippen molar-refractivity contribution in [3.63, 3.8) is 0 Å². The second-order valence-corrected chi connectivity index (χ2v) is 8.97. The number of carbonyl (C=O) groups is 2. The minimum absolute atomic E-state index is 0.0528. The molecule has 0 bridgehead atoms. The molecule has 0 spiro atoms. The molecule has 8 nitrogen and oxygen atoms in total. The van der Waals surface area contributed by atoms with Crippen LogP contribution >= 0.6 is 0 Å². The Hall–Kier alpha value is -2.55. The molecule has 1 heterocycles. The molecule has 0 atom stereocenters. The molecule has 2 rings (SSSR count). The molecule has 0 unspecified atom stereocenters. The summed E-state index contributed by atoms with van der Waals surface area (Å²) in [6, 6.07) is 5.62. The van der Waals surface area contributed by atoms with Gasteiger partial charge in [-0.05, 0) is 30.0 Å². The number of hydrogen-bond acceptors (Lipinski definition) is 6. The van der Waals surface area contributed by atoms with E-state index in [1.165, 1.54) is 24.3 Å². The van der Waals surface area contributed by atoms with E-state index in [0.717, 1.165) is 10.8 Å². The van der Waals surface area contributed by atoms with Gasteiger partial charge in [-0.15, -0.1) is 0 Å². The number of rotatable bonds is 5. The van der Waals surface area contributed by atoms with Gasteiger partial charge in [-0.3, -0.25) is 4.72 Å². The fraction of sp³-hybridized carbons (Fsp3) is 0.412. The quantitative estimate of drug-likeness (QED) is 0.844. The van der Waals surface area contributed by atoms with Gasteiger partial charge in [-0.25, -0.2) is 17.8 Å².